The third-order valence-corrected chi connectivity index (χ3v) is 5.60. The van der Waals surface area contributed by atoms with Gasteiger partial charge in [0.2, 0.25) is 8.32 Å². The number of carbonyl (C=O) groups is 1. The van der Waals surface area contributed by atoms with Gasteiger partial charge in [0.25, 0.3) is 0 Å². The zero-order valence-electron chi connectivity index (χ0n) is 16.8. The maximum atomic E-state index is 12.7. The topological polar surface area (TPSA) is 47.6 Å². The first-order valence-corrected chi connectivity index (χ1v) is 13.1. The smallest absolute Gasteiger partial charge is 0.408 e. The van der Waals surface area contributed by atoms with Gasteiger partial charge in [-0.25, -0.2) is 4.79 Å². The largest absolute Gasteiger partial charge is 0.546 e. The molecule has 6 heteroatoms. The summed E-state index contributed by atoms with van der Waals surface area (Å²) in [6, 6.07) is 0. The molecule has 2 aliphatic carbocycles. The van der Waals surface area contributed by atoms with E-state index in [2.05, 4.69) is 37.1 Å². The number of ether oxygens (including phenoxy) is 1. The molecule has 0 aromatic rings. The van der Waals surface area contributed by atoms with Crippen LogP contribution in [-0.2, 0) is 9.16 Å². The molecule has 2 aliphatic rings. The predicted molar refractivity (Wildman–Crippen MR) is 110 cm³/mol. The quantitative estimate of drug-likeness (QED) is 0.603. The molecule has 146 valence electrons. The maximum Gasteiger partial charge on any atom is 0.408 e. The van der Waals surface area contributed by atoms with Gasteiger partial charge in [0.05, 0.1) is 0 Å². The molecule has 4 nitrogen and oxygen atoms in total. The Kier molecular flexibility index (Phi) is 6.34. The lowest BCUT2D eigenvalue weighted by Gasteiger charge is -2.46. The molecule has 1 amide bonds. The molecule has 2 atom stereocenters. The number of halogens is 1. The molecule has 0 radical (unpaired) electrons. The minimum atomic E-state index is -1.86. The highest BCUT2D eigenvalue weighted by Gasteiger charge is 2.48. The third kappa shape index (κ3) is 5.40. The Morgan fingerprint density at radius 3 is 2.62 bits per heavy atom. The second kappa shape index (κ2) is 7.81. The van der Waals surface area contributed by atoms with Gasteiger partial charge in [-0.3, -0.25) is 0 Å². The van der Waals surface area contributed by atoms with Crippen LogP contribution in [0.1, 0.15) is 46.5 Å². The van der Waals surface area contributed by atoms with E-state index in [0.717, 1.165) is 36.5 Å². The number of alkyl carbamates (subject to hydrolysis) is 1. The van der Waals surface area contributed by atoms with Gasteiger partial charge >= 0.3 is 6.09 Å². The Morgan fingerprint density at radius 1 is 1.35 bits per heavy atom. The molecular formula is C20H32ClNO3Si. The molecule has 0 aliphatic heterocycles. The lowest BCUT2D eigenvalue weighted by atomic mass is 9.72. The van der Waals surface area contributed by atoms with Crippen LogP contribution in [0.15, 0.2) is 35.1 Å². The number of carbonyl (C=O) groups excluding carboxylic acids is 1. The van der Waals surface area contributed by atoms with Gasteiger partial charge in [0, 0.05) is 11.0 Å². The molecule has 0 aromatic carbocycles. The van der Waals surface area contributed by atoms with E-state index >= 15 is 0 Å². The Bertz CT molecular complexity index is 628. The number of rotatable bonds is 4. The van der Waals surface area contributed by atoms with Crippen molar-refractivity contribution in [1.29, 1.82) is 0 Å². The van der Waals surface area contributed by atoms with Crippen LogP contribution in [0.3, 0.4) is 0 Å². The molecule has 0 aromatic heterocycles. The fraction of sp³-hybridized carbons (Fsp3) is 0.650. The number of amides is 1. The summed E-state index contributed by atoms with van der Waals surface area (Å²) in [6.45, 7) is 12.1. The average Bonchev–Trinajstić information content (AvgIpc) is 2.46. The van der Waals surface area contributed by atoms with E-state index in [1.807, 2.05) is 32.9 Å². The molecule has 0 saturated carbocycles. The van der Waals surface area contributed by atoms with E-state index in [4.69, 9.17) is 20.8 Å². The third-order valence-electron chi connectivity index (χ3n) is 4.38. The molecule has 26 heavy (non-hydrogen) atoms. The van der Waals surface area contributed by atoms with E-state index in [9.17, 15) is 4.79 Å². The van der Waals surface area contributed by atoms with Gasteiger partial charge < -0.3 is 14.5 Å². The highest BCUT2D eigenvalue weighted by Crippen LogP contribution is 2.44. The van der Waals surface area contributed by atoms with Gasteiger partial charge in [0.15, 0.2) is 0 Å². The van der Waals surface area contributed by atoms with Gasteiger partial charge in [0.1, 0.15) is 16.9 Å². The maximum absolute atomic E-state index is 12.7. The minimum Gasteiger partial charge on any atom is -0.546 e. The highest BCUT2D eigenvalue weighted by atomic mass is 35.5. The summed E-state index contributed by atoms with van der Waals surface area (Å²) in [6.07, 6.45) is 11.1. The molecule has 0 heterocycles. The van der Waals surface area contributed by atoms with Crippen molar-refractivity contribution in [3.05, 3.63) is 35.1 Å². The molecule has 1 N–H and O–H groups in total. The zero-order valence-corrected chi connectivity index (χ0v) is 18.6. The summed E-state index contributed by atoms with van der Waals surface area (Å²) in [5.41, 5.74) is -1.23. The summed E-state index contributed by atoms with van der Waals surface area (Å²) in [5, 5.41) is 3.92. The minimum absolute atomic E-state index is 0.0513. The number of allylic oxidation sites excluding steroid dienone is 4. The fourth-order valence-corrected chi connectivity index (χ4v) is 4.74. The van der Waals surface area contributed by atoms with Gasteiger partial charge in [-0.15, -0.1) is 0 Å². The second-order valence-corrected chi connectivity index (χ2v) is 13.9. The highest BCUT2D eigenvalue weighted by molar-refractivity contribution is 6.70. The Balaban J connectivity index is 2.42. The second-order valence-electron chi connectivity index (χ2n) is 9.04. The summed E-state index contributed by atoms with van der Waals surface area (Å²) in [4.78, 5) is 12.7. The Labute approximate surface area is 163 Å². The van der Waals surface area contributed by atoms with Crippen LogP contribution in [0.4, 0.5) is 4.79 Å². The fourth-order valence-electron chi connectivity index (χ4n) is 3.46. The van der Waals surface area contributed by atoms with Crippen molar-refractivity contribution in [1.82, 2.24) is 5.32 Å². The molecule has 0 spiro atoms. The SMILES string of the molecule is CC(C)(C)OC(=O)N[C@@]1(C2CC=CC=C2Cl)CCCC=C1O[Si](C)(C)C. The van der Waals surface area contributed by atoms with Crippen molar-refractivity contribution >= 4 is 26.0 Å². The van der Waals surface area contributed by atoms with Crippen LogP contribution in [0.2, 0.25) is 19.6 Å². The molecule has 2 rings (SSSR count). The Hall–Kier alpha value is -1.20. The molecule has 1 unspecified atom stereocenters. The van der Waals surface area contributed by atoms with Crippen molar-refractivity contribution in [2.45, 2.75) is 77.2 Å². The molecular weight excluding hydrogens is 366 g/mol. The van der Waals surface area contributed by atoms with Crippen LogP contribution in [-0.4, -0.2) is 25.6 Å². The van der Waals surface area contributed by atoms with E-state index in [0.29, 0.717) is 0 Å². The average molecular weight is 398 g/mol. The first-order valence-electron chi connectivity index (χ1n) is 9.36. The number of nitrogens with one attached hydrogen (secondary N) is 1. The van der Waals surface area contributed by atoms with Crippen molar-refractivity contribution in [3.63, 3.8) is 0 Å². The first-order chi connectivity index (χ1) is 11.9. The van der Waals surface area contributed by atoms with Crippen molar-refractivity contribution in [3.8, 4) is 0 Å². The van der Waals surface area contributed by atoms with Crippen molar-refractivity contribution in [2.75, 3.05) is 0 Å². The van der Waals surface area contributed by atoms with Crippen LogP contribution < -0.4 is 5.32 Å². The van der Waals surface area contributed by atoms with Gasteiger partial charge in [-0.2, -0.15) is 0 Å². The summed E-state index contributed by atoms with van der Waals surface area (Å²) in [7, 11) is -1.86. The normalized spacial score (nSPS) is 26.7. The van der Waals surface area contributed by atoms with Crippen LogP contribution in [0, 0.1) is 5.92 Å². The monoisotopic (exact) mass is 397 g/mol. The Morgan fingerprint density at radius 2 is 2.04 bits per heavy atom. The molecule has 0 bridgehead atoms. The standard InChI is InChI=1S/C20H32ClNO3Si/c1-19(2,3)24-18(23)22-20(15-11-7-8-12-16(15)21)14-10-9-13-17(20)25-26(4,5)6/h7-8,12-13,15H,9-11,14H2,1-6H3,(H,22,23)/t15?,20-/m1/s1. The summed E-state index contributed by atoms with van der Waals surface area (Å²) >= 11 is 6.60. The first kappa shape index (κ1) is 21.1. The van der Waals surface area contributed by atoms with E-state index in [1.165, 1.54) is 0 Å². The van der Waals surface area contributed by atoms with Crippen molar-refractivity contribution in [2.24, 2.45) is 5.92 Å². The predicted octanol–water partition coefficient (Wildman–Crippen LogP) is 5.87. The van der Waals surface area contributed by atoms with Gasteiger partial charge in [-0.1, -0.05) is 23.8 Å². The lowest BCUT2D eigenvalue weighted by molar-refractivity contribution is 0.0398. The van der Waals surface area contributed by atoms with Crippen LogP contribution >= 0.6 is 11.6 Å². The zero-order chi connectivity index (χ0) is 19.6. The van der Waals surface area contributed by atoms with Crippen LogP contribution in [0.25, 0.3) is 0 Å². The van der Waals surface area contributed by atoms with E-state index in [1.54, 1.807) is 0 Å². The number of hydrogen-bond acceptors (Lipinski definition) is 3. The molecule has 0 fully saturated rings. The van der Waals surface area contributed by atoms with Gasteiger partial charge in [-0.05, 0) is 78.2 Å². The summed E-state index contributed by atoms with van der Waals surface area (Å²) < 4.78 is 12.0. The number of hydrogen-bond donors (Lipinski definition) is 1. The molecule has 0 saturated heterocycles. The van der Waals surface area contributed by atoms with E-state index in [-0.39, 0.29) is 5.92 Å². The van der Waals surface area contributed by atoms with E-state index < -0.39 is 25.6 Å². The lowest BCUT2D eigenvalue weighted by Crippen LogP contribution is -2.58. The van der Waals surface area contributed by atoms with Crippen LogP contribution in [0.5, 0.6) is 0 Å². The van der Waals surface area contributed by atoms with Crippen molar-refractivity contribution < 1.29 is 14.0 Å². The summed E-state index contributed by atoms with van der Waals surface area (Å²) in [5.74, 6) is 0.796.